The first-order valence-electron chi connectivity index (χ1n) is 10.9. The number of nitrogens with zero attached hydrogens (tertiary/aromatic N) is 2. The van der Waals surface area contributed by atoms with Gasteiger partial charge in [0.1, 0.15) is 0 Å². The van der Waals surface area contributed by atoms with Crippen LogP contribution in [0.3, 0.4) is 0 Å². The van der Waals surface area contributed by atoms with E-state index in [1.807, 2.05) is 36.6 Å². The van der Waals surface area contributed by atoms with Crippen molar-refractivity contribution >= 4 is 41.1 Å². The molecule has 1 aliphatic rings. The molecule has 0 N–H and O–H groups in total. The molecule has 0 saturated heterocycles. The van der Waals surface area contributed by atoms with Crippen molar-refractivity contribution in [2.45, 2.75) is 24.8 Å². The molecule has 1 aromatic heterocycles. The highest BCUT2D eigenvalue weighted by atomic mass is 32.2. The highest BCUT2D eigenvalue weighted by Crippen LogP contribution is 2.31. The van der Waals surface area contributed by atoms with Crippen molar-refractivity contribution in [3.63, 3.8) is 0 Å². The zero-order valence-electron chi connectivity index (χ0n) is 19.7. The minimum absolute atomic E-state index is 0.195. The average Bonchev–Trinajstić information content (AvgIpc) is 3.17. The van der Waals surface area contributed by atoms with Crippen LogP contribution in [0.15, 0.2) is 74.5 Å². The van der Waals surface area contributed by atoms with Crippen LogP contribution in [0.1, 0.15) is 41.4 Å². The van der Waals surface area contributed by atoms with Crippen LogP contribution < -0.4 is 14.9 Å². The fourth-order valence-corrected chi connectivity index (χ4v) is 5.33. The highest BCUT2D eigenvalue weighted by molar-refractivity contribution is 7.98. The van der Waals surface area contributed by atoms with E-state index in [0.29, 0.717) is 31.7 Å². The molecule has 35 heavy (non-hydrogen) atoms. The number of esters is 2. The molecule has 2 heterocycles. The van der Waals surface area contributed by atoms with E-state index in [1.165, 1.54) is 23.0 Å². The lowest BCUT2D eigenvalue weighted by Gasteiger charge is -2.24. The summed E-state index contributed by atoms with van der Waals surface area (Å²) in [5.41, 5.74) is 2.46. The molecular weight excluding hydrogens is 484 g/mol. The minimum Gasteiger partial charge on any atom is -0.465 e. The Labute approximate surface area is 210 Å². The quantitative estimate of drug-likeness (QED) is 0.375. The number of ether oxygens (including phenoxy) is 2. The molecule has 9 heteroatoms. The van der Waals surface area contributed by atoms with Gasteiger partial charge in [0.05, 0.1) is 41.1 Å². The number of hydrogen-bond acceptors (Lipinski definition) is 8. The molecule has 4 rings (SSSR count). The lowest BCUT2D eigenvalue weighted by molar-refractivity contribution is -0.139. The second-order valence-electron chi connectivity index (χ2n) is 7.69. The molecule has 2 aromatic carbocycles. The van der Waals surface area contributed by atoms with Crippen LogP contribution in [0.2, 0.25) is 0 Å². The molecule has 0 spiro atoms. The van der Waals surface area contributed by atoms with Crippen molar-refractivity contribution in [1.82, 2.24) is 4.57 Å². The van der Waals surface area contributed by atoms with E-state index in [4.69, 9.17) is 9.47 Å². The van der Waals surface area contributed by atoms with Crippen molar-refractivity contribution in [3.05, 3.63) is 96.2 Å². The first-order chi connectivity index (χ1) is 16.9. The van der Waals surface area contributed by atoms with Gasteiger partial charge in [-0.2, -0.15) is 0 Å². The standard InChI is InChI=1S/C26H24N2O5S2/c1-5-33-25(31)21-15(2)27-26-28(22(21)17-8-10-18(11-9-17)24(30)32-3)23(29)20(35-26)14-16-6-12-19(34-4)13-7-16/h6-14,22H,5H2,1-4H3. The van der Waals surface area contributed by atoms with Gasteiger partial charge < -0.3 is 9.47 Å². The van der Waals surface area contributed by atoms with Gasteiger partial charge in [-0.15, -0.1) is 11.8 Å². The van der Waals surface area contributed by atoms with Crippen molar-refractivity contribution < 1.29 is 19.1 Å². The second kappa shape index (κ2) is 10.5. The largest absolute Gasteiger partial charge is 0.465 e. The molecule has 3 aromatic rings. The molecule has 1 aliphatic heterocycles. The number of aromatic nitrogens is 1. The number of thiazole rings is 1. The third-order valence-corrected chi connectivity index (χ3v) is 7.30. The minimum atomic E-state index is -0.738. The van der Waals surface area contributed by atoms with E-state index in [9.17, 15) is 14.4 Å². The fourth-order valence-electron chi connectivity index (χ4n) is 3.88. The van der Waals surface area contributed by atoms with E-state index in [-0.39, 0.29) is 12.2 Å². The van der Waals surface area contributed by atoms with E-state index < -0.39 is 18.0 Å². The van der Waals surface area contributed by atoms with Crippen LogP contribution in [-0.2, 0) is 14.3 Å². The second-order valence-corrected chi connectivity index (χ2v) is 9.58. The molecule has 0 aliphatic carbocycles. The number of thioether (sulfide) groups is 1. The number of allylic oxidation sites excluding steroid dienone is 1. The Bertz CT molecular complexity index is 1480. The van der Waals surface area contributed by atoms with Gasteiger partial charge in [-0.3, -0.25) is 9.36 Å². The summed E-state index contributed by atoms with van der Waals surface area (Å²) in [7, 11) is 1.31. The van der Waals surface area contributed by atoms with Gasteiger partial charge in [0, 0.05) is 4.90 Å². The number of hydrogen-bond donors (Lipinski definition) is 0. The molecule has 0 amide bonds. The fraction of sp³-hybridized carbons (Fsp3) is 0.231. The van der Waals surface area contributed by atoms with Crippen molar-refractivity contribution in [3.8, 4) is 0 Å². The zero-order valence-corrected chi connectivity index (χ0v) is 21.4. The zero-order chi connectivity index (χ0) is 25.1. The topological polar surface area (TPSA) is 87.0 Å². The Morgan fingerprint density at radius 2 is 1.80 bits per heavy atom. The van der Waals surface area contributed by atoms with E-state index >= 15 is 0 Å². The predicted octanol–water partition coefficient (Wildman–Crippen LogP) is 3.31. The van der Waals surface area contributed by atoms with Gasteiger partial charge in [0.2, 0.25) is 0 Å². The Kier molecular flexibility index (Phi) is 7.37. The maximum Gasteiger partial charge on any atom is 0.338 e. The lowest BCUT2D eigenvalue weighted by atomic mass is 9.95. The van der Waals surface area contributed by atoms with Gasteiger partial charge in [-0.05, 0) is 61.6 Å². The average molecular weight is 509 g/mol. The number of carbonyl (C=O) groups is 2. The summed E-state index contributed by atoms with van der Waals surface area (Å²) in [5.74, 6) is -0.997. The van der Waals surface area contributed by atoms with Gasteiger partial charge in [0.15, 0.2) is 4.80 Å². The summed E-state index contributed by atoms with van der Waals surface area (Å²) >= 11 is 2.92. The van der Waals surface area contributed by atoms with Gasteiger partial charge in [-0.1, -0.05) is 35.6 Å². The van der Waals surface area contributed by atoms with E-state index in [1.54, 1.807) is 49.9 Å². The molecule has 0 bridgehead atoms. The summed E-state index contributed by atoms with van der Waals surface area (Å²) in [6, 6.07) is 13.8. The number of carbonyl (C=O) groups excluding carboxylic acids is 2. The molecular formula is C26H24N2O5S2. The normalized spacial score (nSPS) is 15.4. The molecule has 0 fully saturated rings. The first-order valence-corrected chi connectivity index (χ1v) is 12.9. The van der Waals surface area contributed by atoms with Crippen LogP contribution >= 0.6 is 23.1 Å². The SMILES string of the molecule is CCOC(=O)C1=C(C)N=c2sc(=Cc3ccc(SC)cc3)c(=O)n2C1c1ccc(C(=O)OC)cc1. The molecule has 7 nitrogen and oxygen atoms in total. The van der Waals surface area contributed by atoms with Crippen LogP contribution in [0.4, 0.5) is 0 Å². The summed E-state index contributed by atoms with van der Waals surface area (Å²) in [6.45, 7) is 3.66. The maximum atomic E-state index is 13.6. The summed E-state index contributed by atoms with van der Waals surface area (Å²) in [5, 5.41) is 0. The Morgan fingerprint density at radius 1 is 1.11 bits per heavy atom. The number of fused-ring (bicyclic) bond motifs is 1. The Morgan fingerprint density at radius 3 is 2.40 bits per heavy atom. The van der Waals surface area contributed by atoms with Crippen molar-refractivity contribution in [2.75, 3.05) is 20.0 Å². The number of methoxy groups -OCH3 is 1. The van der Waals surface area contributed by atoms with Crippen LogP contribution in [-0.4, -0.2) is 36.5 Å². The molecule has 0 saturated carbocycles. The van der Waals surface area contributed by atoms with Crippen LogP contribution in [0, 0.1) is 0 Å². The van der Waals surface area contributed by atoms with Gasteiger partial charge >= 0.3 is 11.9 Å². The van der Waals surface area contributed by atoms with Crippen molar-refractivity contribution in [2.24, 2.45) is 4.99 Å². The summed E-state index contributed by atoms with van der Waals surface area (Å²) < 4.78 is 12.1. The van der Waals surface area contributed by atoms with Gasteiger partial charge in [0.25, 0.3) is 5.56 Å². The molecule has 1 unspecified atom stereocenters. The Hall–Kier alpha value is -3.43. The van der Waals surface area contributed by atoms with Crippen LogP contribution in [0.25, 0.3) is 6.08 Å². The van der Waals surface area contributed by atoms with E-state index in [0.717, 1.165) is 10.5 Å². The third-order valence-electron chi connectivity index (χ3n) is 5.58. The summed E-state index contributed by atoms with van der Waals surface area (Å²) in [4.78, 5) is 44.7. The summed E-state index contributed by atoms with van der Waals surface area (Å²) in [6.07, 6.45) is 3.84. The monoisotopic (exact) mass is 508 g/mol. The molecule has 1 atom stereocenters. The van der Waals surface area contributed by atoms with Crippen molar-refractivity contribution in [1.29, 1.82) is 0 Å². The number of rotatable bonds is 6. The lowest BCUT2D eigenvalue weighted by Crippen LogP contribution is -2.39. The van der Waals surface area contributed by atoms with E-state index in [2.05, 4.69) is 4.99 Å². The van der Waals surface area contributed by atoms with Gasteiger partial charge in [-0.25, -0.2) is 14.6 Å². The third kappa shape index (κ3) is 4.87. The molecule has 180 valence electrons. The predicted molar refractivity (Wildman–Crippen MR) is 136 cm³/mol. The number of benzene rings is 2. The molecule has 0 radical (unpaired) electrons. The smallest absolute Gasteiger partial charge is 0.338 e. The first kappa shape index (κ1) is 24.7. The Balaban J connectivity index is 1.89. The maximum absolute atomic E-state index is 13.6. The highest BCUT2D eigenvalue weighted by Gasteiger charge is 2.33. The van der Waals surface area contributed by atoms with Crippen LogP contribution in [0.5, 0.6) is 0 Å².